The number of aryl methyl sites for hydroxylation is 1. The summed E-state index contributed by atoms with van der Waals surface area (Å²) in [5.41, 5.74) is 7.18. The molecule has 0 atom stereocenters. The second kappa shape index (κ2) is 6.68. The molecule has 0 aromatic carbocycles. The maximum atomic E-state index is 6.21. The molecule has 4 heterocycles. The Morgan fingerprint density at radius 2 is 1.93 bits per heavy atom. The number of hydrogen-bond donors (Lipinski definition) is 1. The van der Waals surface area contributed by atoms with Crippen molar-refractivity contribution in [3.63, 3.8) is 0 Å². The van der Waals surface area contributed by atoms with E-state index in [1.807, 2.05) is 13.8 Å². The van der Waals surface area contributed by atoms with E-state index >= 15 is 0 Å². The van der Waals surface area contributed by atoms with Gasteiger partial charge < -0.3 is 10.5 Å². The fourth-order valence-electron chi connectivity index (χ4n) is 2.84. The Morgan fingerprint density at radius 3 is 2.64 bits per heavy atom. The van der Waals surface area contributed by atoms with Crippen molar-refractivity contribution in [1.29, 1.82) is 0 Å². The van der Waals surface area contributed by atoms with Crippen LogP contribution in [0, 0.1) is 0 Å². The Balaban J connectivity index is 1.86. The van der Waals surface area contributed by atoms with Crippen molar-refractivity contribution < 1.29 is 4.74 Å². The number of pyridine rings is 2. The zero-order chi connectivity index (χ0) is 19.9. The van der Waals surface area contributed by atoms with E-state index < -0.39 is 5.60 Å². The highest BCUT2D eigenvalue weighted by molar-refractivity contribution is 6.30. The van der Waals surface area contributed by atoms with Crippen LogP contribution in [0.4, 0.5) is 5.82 Å². The third-order valence-electron chi connectivity index (χ3n) is 4.14. The third kappa shape index (κ3) is 3.20. The Labute approximate surface area is 165 Å². The van der Waals surface area contributed by atoms with Gasteiger partial charge in [-0.15, -0.1) is 0 Å². The largest absolute Gasteiger partial charge is 0.477 e. The lowest BCUT2D eigenvalue weighted by Gasteiger charge is -2.24. The second-order valence-electron chi connectivity index (χ2n) is 6.70. The number of ether oxygens (including phenoxy) is 1. The first-order valence-corrected chi connectivity index (χ1v) is 8.78. The summed E-state index contributed by atoms with van der Waals surface area (Å²) in [5, 5.41) is 5.38. The van der Waals surface area contributed by atoms with Gasteiger partial charge in [-0.3, -0.25) is 9.67 Å². The van der Waals surface area contributed by atoms with Gasteiger partial charge in [0, 0.05) is 25.0 Å². The number of rotatable bonds is 4. The molecule has 142 valence electrons. The van der Waals surface area contributed by atoms with Crippen LogP contribution >= 0.6 is 11.6 Å². The summed E-state index contributed by atoms with van der Waals surface area (Å²) in [5.74, 6) is 1.24. The highest BCUT2D eigenvalue weighted by Crippen LogP contribution is 2.37. The van der Waals surface area contributed by atoms with Gasteiger partial charge in [-0.2, -0.15) is 5.10 Å². The third-order valence-corrected chi connectivity index (χ3v) is 4.35. The van der Waals surface area contributed by atoms with Crippen molar-refractivity contribution in [2.24, 2.45) is 7.05 Å². The molecule has 0 spiro atoms. The zero-order valence-corrected chi connectivity index (χ0v) is 16.2. The van der Waals surface area contributed by atoms with Gasteiger partial charge in [0.2, 0.25) is 0 Å². The molecule has 2 N–H and O–H groups in total. The van der Waals surface area contributed by atoms with Gasteiger partial charge in [-0.1, -0.05) is 11.6 Å². The van der Waals surface area contributed by atoms with E-state index in [-0.39, 0.29) is 5.82 Å². The van der Waals surface area contributed by atoms with E-state index in [4.69, 9.17) is 22.1 Å². The summed E-state index contributed by atoms with van der Waals surface area (Å²) in [7, 11) is 1.79. The number of nitrogens with two attached hydrogens (primary N) is 1. The van der Waals surface area contributed by atoms with Gasteiger partial charge in [0.15, 0.2) is 17.2 Å². The van der Waals surface area contributed by atoms with Crippen LogP contribution in [0.15, 0.2) is 37.3 Å². The molecule has 0 aliphatic heterocycles. The van der Waals surface area contributed by atoms with Crippen molar-refractivity contribution in [3.8, 4) is 17.0 Å². The summed E-state index contributed by atoms with van der Waals surface area (Å²) in [4.78, 5) is 21.4. The summed E-state index contributed by atoms with van der Waals surface area (Å²) in [6.45, 7) is 3.73. The van der Waals surface area contributed by atoms with E-state index in [0.29, 0.717) is 38.8 Å². The maximum absolute atomic E-state index is 6.21. The number of nitrogens with zero attached hydrogens (tertiary/aromatic N) is 7. The predicted molar refractivity (Wildman–Crippen MR) is 105 cm³/mol. The highest BCUT2D eigenvalue weighted by Gasteiger charge is 2.29. The molecule has 4 rings (SSSR count). The molecule has 0 amide bonds. The first kappa shape index (κ1) is 18.1. The van der Waals surface area contributed by atoms with Gasteiger partial charge in [0.1, 0.15) is 24.0 Å². The molecule has 0 aliphatic rings. The average Bonchev–Trinajstić information content (AvgIpc) is 3.09. The molecule has 0 aliphatic carbocycles. The highest BCUT2D eigenvalue weighted by atomic mass is 35.5. The molecule has 28 heavy (non-hydrogen) atoms. The molecular formula is C18H17ClN8O. The SMILES string of the molecule is Cn1cnc(C(C)(C)Oc2cnc(-c3cncc(Cl)c3)c3ncnc(N)c23)n1. The van der Waals surface area contributed by atoms with Crippen LogP contribution in [0.1, 0.15) is 19.7 Å². The van der Waals surface area contributed by atoms with Crippen molar-refractivity contribution in [1.82, 2.24) is 34.7 Å². The smallest absolute Gasteiger partial charge is 0.193 e. The number of aromatic nitrogens is 7. The minimum Gasteiger partial charge on any atom is -0.477 e. The Bertz CT molecular complexity index is 1170. The Hall–Kier alpha value is -3.33. The number of hydrogen-bond acceptors (Lipinski definition) is 8. The van der Waals surface area contributed by atoms with E-state index in [9.17, 15) is 0 Å². The van der Waals surface area contributed by atoms with Crippen molar-refractivity contribution in [2.75, 3.05) is 5.73 Å². The van der Waals surface area contributed by atoms with Crippen molar-refractivity contribution in [2.45, 2.75) is 19.4 Å². The quantitative estimate of drug-likeness (QED) is 0.559. The normalized spacial score (nSPS) is 11.7. The van der Waals surface area contributed by atoms with Crippen LogP contribution in [0.5, 0.6) is 5.75 Å². The number of halogens is 1. The van der Waals surface area contributed by atoms with Crippen molar-refractivity contribution >= 4 is 28.3 Å². The zero-order valence-electron chi connectivity index (χ0n) is 15.5. The first-order valence-electron chi connectivity index (χ1n) is 8.40. The van der Waals surface area contributed by atoms with Gasteiger partial charge in [0.25, 0.3) is 0 Å². The summed E-state index contributed by atoms with van der Waals surface area (Å²) in [6, 6.07) is 1.76. The second-order valence-corrected chi connectivity index (χ2v) is 7.14. The standard InChI is InChI=1S/C18H17ClN8O/c1-18(2,17-25-9-27(3)26-17)28-12-7-22-14(10-4-11(19)6-21-5-10)15-13(12)16(20)24-8-23-15/h4-9H,1-3H3,(H2,20,23,24). The van der Waals surface area contributed by atoms with Crippen LogP contribution in [-0.4, -0.2) is 34.7 Å². The first-order chi connectivity index (χ1) is 13.3. The Morgan fingerprint density at radius 1 is 1.11 bits per heavy atom. The van der Waals surface area contributed by atoms with E-state index in [2.05, 4.69) is 30.0 Å². The Kier molecular flexibility index (Phi) is 4.31. The van der Waals surface area contributed by atoms with Gasteiger partial charge in [0.05, 0.1) is 22.3 Å². The fraction of sp³-hybridized carbons (Fsp3) is 0.222. The number of anilines is 1. The molecule has 10 heteroatoms. The lowest BCUT2D eigenvalue weighted by atomic mass is 10.1. The topological polar surface area (TPSA) is 118 Å². The lowest BCUT2D eigenvalue weighted by molar-refractivity contribution is 0.0999. The van der Waals surface area contributed by atoms with E-state index in [1.54, 1.807) is 42.7 Å². The molecule has 4 aromatic heterocycles. The van der Waals surface area contributed by atoms with Crippen LogP contribution in [0.25, 0.3) is 22.2 Å². The van der Waals surface area contributed by atoms with Crippen LogP contribution in [-0.2, 0) is 12.6 Å². The van der Waals surface area contributed by atoms with Crippen LogP contribution in [0.3, 0.4) is 0 Å². The molecule has 0 unspecified atom stereocenters. The monoisotopic (exact) mass is 396 g/mol. The summed E-state index contributed by atoms with van der Waals surface area (Å²) in [6.07, 6.45) is 7.80. The predicted octanol–water partition coefficient (Wildman–Crippen LogP) is 2.76. The molecule has 4 aromatic rings. The maximum Gasteiger partial charge on any atom is 0.193 e. The molecular weight excluding hydrogens is 380 g/mol. The minimum absolute atomic E-state index is 0.281. The lowest BCUT2D eigenvalue weighted by Crippen LogP contribution is -2.27. The van der Waals surface area contributed by atoms with Gasteiger partial charge >= 0.3 is 0 Å². The summed E-state index contributed by atoms with van der Waals surface area (Å²) >= 11 is 6.08. The van der Waals surface area contributed by atoms with E-state index in [1.165, 1.54) is 6.33 Å². The summed E-state index contributed by atoms with van der Waals surface area (Å²) < 4.78 is 7.82. The number of fused-ring (bicyclic) bond motifs is 1. The molecule has 0 bridgehead atoms. The van der Waals surface area contributed by atoms with Crippen molar-refractivity contribution in [3.05, 3.63) is 48.2 Å². The molecule has 0 saturated carbocycles. The molecule has 9 nitrogen and oxygen atoms in total. The van der Waals surface area contributed by atoms with Gasteiger partial charge in [-0.25, -0.2) is 19.9 Å². The van der Waals surface area contributed by atoms with Gasteiger partial charge in [-0.05, 0) is 19.9 Å². The van der Waals surface area contributed by atoms with Crippen LogP contribution in [0.2, 0.25) is 5.02 Å². The molecule has 0 fully saturated rings. The fourth-order valence-corrected chi connectivity index (χ4v) is 3.01. The number of nitrogen functional groups attached to an aromatic ring is 1. The molecule has 0 radical (unpaired) electrons. The van der Waals surface area contributed by atoms with Crippen LogP contribution < -0.4 is 10.5 Å². The molecule has 0 saturated heterocycles. The van der Waals surface area contributed by atoms with E-state index in [0.717, 1.165) is 0 Å². The minimum atomic E-state index is -0.822. The average molecular weight is 397 g/mol.